The van der Waals surface area contributed by atoms with Crippen molar-refractivity contribution in [3.8, 4) is 0 Å². The fraction of sp³-hybridized carbons (Fsp3) is 0. The normalized spacial score (nSPS) is 4.50. The molecule has 0 aliphatic rings. The van der Waals surface area contributed by atoms with Crippen molar-refractivity contribution in [1.29, 1.82) is 0 Å². The second-order valence-corrected chi connectivity index (χ2v) is 0.289. The van der Waals surface area contributed by atoms with Gasteiger partial charge in [-0.25, -0.2) is 0 Å². The minimum Gasteiger partial charge on any atom is -1.00 e. The molecule has 0 N–H and O–H groups in total. The van der Waals surface area contributed by atoms with E-state index in [2.05, 4.69) is 0 Å². The molecule has 0 saturated heterocycles. The molecule has 6 heteroatoms. The van der Waals surface area contributed by atoms with E-state index in [0.29, 0.717) is 0 Å². The van der Waals surface area contributed by atoms with E-state index in [4.69, 9.17) is 15.1 Å². The first-order valence-corrected chi connectivity index (χ1v) is 0.707. The van der Waals surface area contributed by atoms with Crippen LogP contribution in [0.5, 0.6) is 0 Å². The van der Waals surface area contributed by atoms with Crippen LogP contribution in [0.2, 0.25) is 0 Å². The van der Waals surface area contributed by atoms with Gasteiger partial charge < -0.3 is 17.9 Å². The van der Waals surface area contributed by atoms with Crippen LogP contribution in [0.25, 0.3) is 0 Å². The summed E-state index contributed by atoms with van der Waals surface area (Å²) in [5.41, 5.74) is 0. The van der Waals surface area contributed by atoms with E-state index < -0.39 is 7.32 Å². The summed E-state index contributed by atoms with van der Waals surface area (Å²) in [6.07, 6.45) is 0. The van der Waals surface area contributed by atoms with E-state index in [1.54, 1.807) is 0 Å². The number of rotatable bonds is 0. The molecule has 6 heavy (non-hydrogen) atoms. The smallest absolute Gasteiger partial charge is 1.00 e. The number of hydrogen-bond donors (Lipinski definition) is 0. The van der Waals surface area contributed by atoms with E-state index in [9.17, 15) is 0 Å². The summed E-state index contributed by atoms with van der Waals surface area (Å²) >= 11 is 0. The second-order valence-electron chi connectivity index (χ2n) is 0.289. The first-order chi connectivity index (χ1) is 1.73. The summed E-state index contributed by atoms with van der Waals surface area (Å²) < 4.78 is 0. The Labute approximate surface area is 101 Å². The molecule has 0 atom stereocenters. The Morgan fingerprint density at radius 2 is 1.17 bits per heavy atom. The van der Waals surface area contributed by atoms with Gasteiger partial charge in [-0.05, 0) is 0 Å². The Bertz CT molecular complexity index is 22.0. The van der Waals surface area contributed by atoms with Crippen molar-refractivity contribution < 1.29 is 57.9 Å². The van der Waals surface area contributed by atoms with E-state index in [-0.39, 0.29) is 80.5 Å². The van der Waals surface area contributed by atoms with Gasteiger partial charge in [-0.1, -0.05) is 0 Å². The van der Waals surface area contributed by atoms with Crippen molar-refractivity contribution >= 4 is 45.1 Å². The zero-order valence-electron chi connectivity index (χ0n) is 4.86. The van der Waals surface area contributed by atoms with E-state index in [1.165, 1.54) is 0 Å². The Morgan fingerprint density at radius 3 is 1.17 bits per heavy atom. The minimum atomic E-state index is -2.92. The standard InChI is InChI=1S/BO3.Ca.Gd.2H/c2-1(3)4;;;;/q-3;+2;+3;2*-1. The van der Waals surface area contributed by atoms with Crippen LogP contribution in [0.4, 0.5) is 0 Å². The van der Waals surface area contributed by atoms with Gasteiger partial charge in [0.25, 0.3) is 0 Å². The first kappa shape index (κ1) is 15.8. The molecule has 0 aliphatic carbocycles. The summed E-state index contributed by atoms with van der Waals surface area (Å²) in [4.78, 5) is 0. The molecular formula is H2BCaGdO3. The average Bonchev–Trinajstić information content (AvgIpc) is 0.811. The van der Waals surface area contributed by atoms with Gasteiger partial charge in [-0.2, -0.15) is 0 Å². The Morgan fingerprint density at radius 1 is 1.17 bits per heavy atom. The van der Waals surface area contributed by atoms with Crippen molar-refractivity contribution in [2.75, 3.05) is 0 Å². The topological polar surface area (TPSA) is 69.2 Å². The Kier molecular flexibility index (Phi) is 27.7. The predicted molar refractivity (Wildman–Crippen MR) is 13.7 cm³/mol. The third-order valence-corrected chi connectivity index (χ3v) is 0. The van der Waals surface area contributed by atoms with Crippen LogP contribution < -0.4 is 15.1 Å². The monoisotopic (exact) mass is 259 g/mol. The van der Waals surface area contributed by atoms with Crippen LogP contribution in [0, 0.1) is 39.9 Å². The molecule has 0 spiro atoms. The van der Waals surface area contributed by atoms with Crippen molar-refractivity contribution in [2.45, 2.75) is 0 Å². The molecule has 0 heterocycles. The van der Waals surface area contributed by atoms with Crippen LogP contribution in [0.1, 0.15) is 2.85 Å². The molecule has 0 rings (SSSR count). The van der Waals surface area contributed by atoms with Crippen molar-refractivity contribution in [2.24, 2.45) is 0 Å². The maximum atomic E-state index is 8.42. The van der Waals surface area contributed by atoms with E-state index in [0.717, 1.165) is 0 Å². The Balaban J connectivity index is -0.00000000750. The molecular weight excluding hydrogens is 256 g/mol. The second kappa shape index (κ2) is 10.5. The Hall–Kier alpha value is 2.53. The zero-order valence-corrected chi connectivity index (χ0v) is 7.34. The van der Waals surface area contributed by atoms with Gasteiger partial charge in [0.15, 0.2) is 0 Å². The van der Waals surface area contributed by atoms with Gasteiger partial charge in [0.2, 0.25) is 0 Å². The fourth-order valence-corrected chi connectivity index (χ4v) is 0. The summed E-state index contributed by atoms with van der Waals surface area (Å²) in [5.74, 6) is 0. The van der Waals surface area contributed by atoms with Crippen molar-refractivity contribution in [1.82, 2.24) is 0 Å². The maximum absolute atomic E-state index is 8.42. The summed E-state index contributed by atoms with van der Waals surface area (Å²) in [7, 11) is -2.92. The molecule has 0 amide bonds. The van der Waals surface area contributed by atoms with Crippen molar-refractivity contribution in [3.05, 3.63) is 0 Å². The molecule has 0 aromatic heterocycles. The SMILES string of the molecule is [Ca+2].[Gd+3].[H-].[H-].[O-]B([O-])[O-]. The summed E-state index contributed by atoms with van der Waals surface area (Å²) in [6, 6.07) is 0. The summed E-state index contributed by atoms with van der Waals surface area (Å²) in [5, 5.41) is 25.2. The minimum absolute atomic E-state index is 0. The van der Waals surface area contributed by atoms with Gasteiger partial charge in [-0.3, -0.25) is 7.32 Å². The molecule has 0 aliphatic heterocycles. The molecule has 0 fully saturated rings. The predicted octanol–water partition coefficient (Wildman–Crippen LogP) is -4.10. The molecule has 0 saturated carbocycles. The van der Waals surface area contributed by atoms with Crippen LogP contribution >= 0.6 is 0 Å². The average molecular weight is 258 g/mol. The molecule has 0 aromatic carbocycles. The first-order valence-electron chi connectivity index (χ1n) is 0.707. The zero-order chi connectivity index (χ0) is 3.58. The third kappa shape index (κ3) is 31.2. The molecule has 33 valence electrons. The van der Waals surface area contributed by atoms with Gasteiger partial charge in [0.05, 0.1) is 0 Å². The molecule has 1 radical (unpaired) electrons. The maximum Gasteiger partial charge on any atom is 3.00 e. The molecule has 0 aromatic rings. The molecule has 3 nitrogen and oxygen atoms in total. The van der Waals surface area contributed by atoms with Gasteiger partial charge in [0, 0.05) is 0 Å². The van der Waals surface area contributed by atoms with Crippen LogP contribution in [0.3, 0.4) is 0 Å². The quantitative estimate of drug-likeness (QED) is 0.415. The van der Waals surface area contributed by atoms with Gasteiger partial charge >= 0.3 is 77.7 Å². The summed E-state index contributed by atoms with van der Waals surface area (Å²) in [6.45, 7) is 0. The van der Waals surface area contributed by atoms with Crippen LogP contribution in [0.15, 0.2) is 0 Å². The van der Waals surface area contributed by atoms with Crippen molar-refractivity contribution in [3.63, 3.8) is 0 Å². The fourth-order valence-electron chi connectivity index (χ4n) is 0. The molecule has 0 bridgehead atoms. The van der Waals surface area contributed by atoms with E-state index >= 15 is 0 Å². The van der Waals surface area contributed by atoms with E-state index in [1.807, 2.05) is 0 Å². The van der Waals surface area contributed by atoms with Crippen LogP contribution in [-0.2, 0) is 0 Å². The molecule has 0 unspecified atom stereocenters. The number of hydrogen-bond acceptors (Lipinski definition) is 3. The van der Waals surface area contributed by atoms with Gasteiger partial charge in [-0.15, -0.1) is 0 Å². The van der Waals surface area contributed by atoms with Crippen LogP contribution in [-0.4, -0.2) is 45.1 Å². The largest absolute Gasteiger partial charge is 3.00 e. The van der Waals surface area contributed by atoms with Gasteiger partial charge in [0.1, 0.15) is 0 Å². The third-order valence-electron chi connectivity index (χ3n) is 0.